The van der Waals surface area contributed by atoms with Gasteiger partial charge in [0.1, 0.15) is 30.1 Å². The molecule has 3 aromatic rings. The summed E-state index contributed by atoms with van der Waals surface area (Å²) in [5.41, 5.74) is 9.40. The largest absolute Gasteiger partial charge is 0.491 e. The van der Waals surface area contributed by atoms with Crippen LogP contribution in [-0.2, 0) is 4.74 Å². The van der Waals surface area contributed by atoms with Crippen LogP contribution < -0.4 is 10.5 Å². The van der Waals surface area contributed by atoms with Crippen molar-refractivity contribution < 1.29 is 9.47 Å². The maximum Gasteiger partial charge on any atom is 0.146 e. The maximum atomic E-state index is 6.32. The zero-order valence-electron chi connectivity index (χ0n) is 18.0. The SMILES string of the molecule is CSC[C@H]1C[C@@H](n2cc(-c3cccc(OC[C@H]4CCCCO4)c3)c3c(N)ncnc32)C1. The first-order valence-electron chi connectivity index (χ1n) is 11.2. The van der Waals surface area contributed by atoms with Gasteiger partial charge in [0.15, 0.2) is 0 Å². The molecule has 1 aliphatic heterocycles. The van der Waals surface area contributed by atoms with Crippen LogP contribution in [0.3, 0.4) is 0 Å². The summed E-state index contributed by atoms with van der Waals surface area (Å²) >= 11 is 1.93. The normalized spacial score (nSPS) is 23.6. The number of nitrogens with zero attached hydrogens (tertiary/aromatic N) is 3. The lowest BCUT2D eigenvalue weighted by molar-refractivity contribution is -0.0110. The van der Waals surface area contributed by atoms with Gasteiger partial charge in [-0.3, -0.25) is 0 Å². The number of fused-ring (bicyclic) bond motifs is 1. The lowest BCUT2D eigenvalue weighted by atomic mass is 9.81. The monoisotopic (exact) mass is 438 g/mol. The van der Waals surface area contributed by atoms with Crippen LogP contribution in [-0.4, -0.2) is 45.9 Å². The number of nitrogens with two attached hydrogens (primary N) is 1. The molecule has 6 nitrogen and oxygen atoms in total. The molecule has 0 spiro atoms. The van der Waals surface area contributed by atoms with Crippen LogP contribution in [0.5, 0.6) is 5.75 Å². The molecule has 31 heavy (non-hydrogen) atoms. The second kappa shape index (κ2) is 9.09. The highest BCUT2D eigenvalue weighted by Gasteiger charge is 2.32. The highest BCUT2D eigenvalue weighted by molar-refractivity contribution is 7.98. The summed E-state index contributed by atoms with van der Waals surface area (Å²) in [5, 5.41) is 0.934. The number of benzene rings is 1. The molecule has 2 fully saturated rings. The zero-order chi connectivity index (χ0) is 21.2. The highest BCUT2D eigenvalue weighted by Crippen LogP contribution is 2.43. The number of thioether (sulfide) groups is 1. The predicted octanol–water partition coefficient (Wildman–Crippen LogP) is 4.94. The molecule has 1 saturated heterocycles. The van der Waals surface area contributed by atoms with Crippen LogP contribution in [0.25, 0.3) is 22.2 Å². The van der Waals surface area contributed by atoms with Gasteiger partial charge in [-0.1, -0.05) is 12.1 Å². The van der Waals surface area contributed by atoms with Gasteiger partial charge in [0, 0.05) is 24.4 Å². The second-order valence-electron chi connectivity index (χ2n) is 8.68. The number of anilines is 1. The van der Waals surface area contributed by atoms with Gasteiger partial charge in [-0.25, -0.2) is 9.97 Å². The number of rotatable bonds is 7. The fourth-order valence-electron chi connectivity index (χ4n) is 4.79. The number of aromatic nitrogens is 3. The third kappa shape index (κ3) is 4.26. The fourth-order valence-corrected chi connectivity index (χ4v) is 5.53. The zero-order valence-corrected chi connectivity index (χ0v) is 18.8. The third-order valence-corrected chi connectivity index (χ3v) is 7.30. The van der Waals surface area contributed by atoms with Gasteiger partial charge in [0.05, 0.1) is 11.5 Å². The van der Waals surface area contributed by atoms with Crippen molar-refractivity contribution in [1.29, 1.82) is 0 Å². The Kier molecular flexibility index (Phi) is 6.05. The summed E-state index contributed by atoms with van der Waals surface area (Å²) in [5.74, 6) is 3.40. The molecule has 0 radical (unpaired) electrons. The third-order valence-electron chi connectivity index (χ3n) is 6.50. The van der Waals surface area contributed by atoms with Crippen LogP contribution in [0.1, 0.15) is 38.1 Å². The Balaban J connectivity index is 1.42. The molecule has 164 valence electrons. The second-order valence-corrected chi connectivity index (χ2v) is 9.59. The van der Waals surface area contributed by atoms with Crippen LogP contribution in [0, 0.1) is 5.92 Å². The van der Waals surface area contributed by atoms with Gasteiger partial charge >= 0.3 is 0 Å². The van der Waals surface area contributed by atoms with Gasteiger partial charge < -0.3 is 19.8 Å². The smallest absolute Gasteiger partial charge is 0.146 e. The van der Waals surface area contributed by atoms with Crippen LogP contribution in [0.4, 0.5) is 5.82 Å². The molecule has 2 aromatic heterocycles. The summed E-state index contributed by atoms with van der Waals surface area (Å²) in [7, 11) is 0. The van der Waals surface area contributed by atoms with E-state index in [-0.39, 0.29) is 6.10 Å². The number of ether oxygens (including phenoxy) is 2. The molecule has 2 N–H and O–H groups in total. The van der Waals surface area contributed by atoms with Crippen LogP contribution in [0.15, 0.2) is 36.8 Å². The Hall–Kier alpha value is -2.25. The molecule has 0 amide bonds. The van der Waals surface area contributed by atoms with Crippen molar-refractivity contribution in [3.8, 4) is 16.9 Å². The molecule has 1 aromatic carbocycles. The minimum absolute atomic E-state index is 0.191. The van der Waals surface area contributed by atoms with E-state index in [2.05, 4.69) is 39.1 Å². The van der Waals surface area contributed by atoms with Gasteiger partial charge in [-0.2, -0.15) is 11.8 Å². The predicted molar refractivity (Wildman–Crippen MR) is 127 cm³/mol. The first-order chi connectivity index (χ1) is 15.2. The topological polar surface area (TPSA) is 75.2 Å². The summed E-state index contributed by atoms with van der Waals surface area (Å²) in [6, 6.07) is 8.71. The van der Waals surface area contributed by atoms with Gasteiger partial charge in [-0.05, 0) is 67.7 Å². The summed E-state index contributed by atoms with van der Waals surface area (Å²) in [6.07, 6.45) is 12.0. The van der Waals surface area contributed by atoms with Crippen LogP contribution >= 0.6 is 11.8 Å². The van der Waals surface area contributed by atoms with E-state index in [9.17, 15) is 0 Å². The van der Waals surface area contributed by atoms with Crippen molar-refractivity contribution in [1.82, 2.24) is 14.5 Å². The molecule has 1 atom stereocenters. The van der Waals surface area contributed by atoms with E-state index in [0.717, 1.165) is 53.3 Å². The first kappa shape index (κ1) is 20.6. The number of hydrogen-bond donors (Lipinski definition) is 1. The van der Waals surface area contributed by atoms with E-state index in [1.54, 1.807) is 6.33 Å². The lowest BCUT2D eigenvalue weighted by Crippen LogP contribution is -2.28. The van der Waals surface area contributed by atoms with Crippen LogP contribution in [0.2, 0.25) is 0 Å². The molecule has 0 unspecified atom stereocenters. The average molecular weight is 439 g/mol. The van der Waals surface area contributed by atoms with E-state index in [4.69, 9.17) is 15.2 Å². The molecule has 0 bridgehead atoms. The molecule has 1 aliphatic carbocycles. The molecule has 7 heteroatoms. The van der Waals surface area contributed by atoms with E-state index in [1.807, 2.05) is 23.9 Å². The molecular formula is C24H30N4O2S. The fraction of sp³-hybridized carbons (Fsp3) is 0.500. The Morgan fingerprint density at radius 1 is 1.26 bits per heavy atom. The van der Waals surface area contributed by atoms with Gasteiger partial charge in [-0.15, -0.1) is 0 Å². The van der Waals surface area contributed by atoms with Gasteiger partial charge in [0.2, 0.25) is 0 Å². The molecule has 1 saturated carbocycles. The summed E-state index contributed by atoms with van der Waals surface area (Å²) in [6.45, 7) is 1.43. The maximum absolute atomic E-state index is 6.32. The van der Waals surface area contributed by atoms with Crippen molar-refractivity contribution in [3.05, 3.63) is 36.8 Å². The van der Waals surface area contributed by atoms with Crippen molar-refractivity contribution >= 4 is 28.6 Å². The lowest BCUT2D eigenvalue weighted by Gasteiger charge is -2.36. The quantitative estimate of drug-likeness (QED) is 0.563. The summed E-state index contributed by atoms with van der Waals surface area (Å²) < 4.78 is 14.2. The Morgan fingerprint density at radius 2 is 2.16 bits per heavy atom. The highest BCUT2D eigenvalue weighted by atomic mass is 32.2. The Labute approximate surface area is 187 Å². The first-order valence-corrected chi connectivity index (χ1v) is 12.6. The molecule has 3 heterocycles. The molecule has 5 rings (SSSR count). The standard InChI is InChI=1S/C24H30N4O2S/c1-31-14-16-9-18(10-16)28-12-21(22-23(25)26-15-27-24(22)28)17-5-4-7-19(11-17)30-13-20-6-2-3-8-29-20/h4-5,7,11-12,15-16,18,20H,2-3,6,8-10,13-14H2,1H3,(H2,25,26,27)/t16-,18+,20-/m1/s1. The van der Waals surface area contributed by atoms with E-state index in [0.29, 0.717) is 18.5 Å². The molecular weight excluding hydrogens is 408 g/mol. The minimum Gasteiger partial charge on any atom is -0.491 e. The Bertz CT molecular complexity index is 1040. The number of nitrogen functional groups attached to an aromatic ring is 1. The van der Waals surface area contributed by atoms with Crippen molar-refractivity contribution in [2.45, 2.75) is 44.2 Å². The van der Waals surface area contributed by atoms with E-state index < -0.39 is 0 Å². The molecule has 2 aliphatic rings. The van der Waals surface area contributed by atoms with Gasteiger partial charge in [0.25, 0.3) is 0 Å². The van der Waals surface area contributed by atoms with Crippen molar-refractivity contribution in [3.63, 3.8) is 0 Å². The Morgan fingerprint density at radius 3 is 2.97 bits per heavy atom. The van der Waals surface area contributed by atoms with E-state index >= 15 is 0 Å². The van der Waals surface area contributed by atoms with Crippen molar-refractivity contribution in [2.75, 3.05) is 31.0 Å². The summed E-state index contributed by atoms with van der Waals surface area (Å²) in [4.78, 5) is 8.88. The minimum atomic E-state index is 0.191. The van der Waals surface area contributed by atoms with E-state index in [1.165, 1.54) is 25.0 Å². The van der Waals surface area contributed by atoms with Crippen molar-refractivity contribution in [2.24, 2.45) is 5.92 Å². The number of hydrogen-bond acceptors (Lipinski definition) is 6. The average Bonchev–Trinajstić information content (AvgIpc) is 3.16.